The second-order valence-electron chi connectivity index (χ2n) is 2.83. The Morgan fingerprint density at radius 1 is 1.31 bits per heavy atom. The zero-order chi connectivity index (χ0) is 12.4. The number of morpholine rings is 1. The molecule has 1 heterocycles. The van der Waals surface area contributed by atoms with Gasteiger partial charge < -0.3 is 19.7 Å². The van der Waals surface area contributed by atoms with Crippen LogP contribution in [-0.2, 0) is 14.3 Å². The fourth-order valence-electron chi connectivity index (χ4n) is 1.04. The lowest BCUT2D eigenvalue weighted by Crippen LogP contribution is -2.42. The van der Waals surface area contributed by atoms with E-state index in [9.17, 15) is 9.59 Å². The second-order valence-corrected chi connectivity index (χ2v) is 2.83. The van der Waals surface area contributed by atoms with Crippen molar-refractivity contribution >= 4 is 12.0 Å². The van der Waals surface area contributed by atoms with Gasteiger partial charge in [-0.25, -0.2) is 4.79 Å². The molecule has 1 rings (SSSR count). The van der Waals surface area contributed by atoms with Crippen molar-refractivity contribution < 1.29 is 19.1 Å². The Bertz CT molecular complexity index is 215. The molecule has 1 aliphatic heterocycles. The molecule has 0 aromatic heterocycles. The van der Waals surface area contributed by atoms with Gasteiger partial charge in [0.1, 0.15) is 0 Å². The van der Waals surface area contributed by atoms with Crippen LogP contribution in [0.1, 0.15) is 13.8 Å². The smallest absolute Gasteiger partial charge is 0.410 e. The molecule has 6 nitrogen and oxygen atoms in total. The minimum atomic E-state index is -0.461. The van der Waals surface area contributed by atoms with Gasteiger partial charge in [0, 0.05) is 20.1 Å². The maximum Gasteiger partial charge on any atom is 0.410 e. The van der Waals surface area contributed by atoms with E-state index in [4.69, 9.17) is 9.47 Å². The molecule has 1 fully saturated rings. The molecule has 0 atom stereocenters. The molecule has 94 valence electrons. The number of hydrogen-bond acceptors (Lipinski definition) is 4. The maximum atomic E-state index is 11.3. The van der Waals surface area contributed by atoms with Gasteiger partial charge in [0.15, 0.2) is 6.61 Å². The summed E-state index contributed by atoms with van der Waals surface area (Å²) in [5, 5.41) is 2.36. The third-order valence-corrected chi connectivity index (χ3v) is 1.87. The highest BCUT2D eigenvalue weighted by Crippen LogP contribution is 1.99. The molecule has 1 N–H and O–H groups in total. The van der Waals surface area contributed by atoms with Crippen LogP contribution in [0.3, 0.4) is 0 Å². The minimum absolute atomic E-state index is 0.229. The first-order chi connectivity index (χ1) is 7.74. The second kappa shape index (κ2) is 8.96. The summed E-state index contributed by atoms with van der Waals surface area (Å²) in [5.74, 6) is -0.313. The van der Waals surface area contributed by atoms with Crippen LogP contribution in [0.25, 0.3) is 0 Å². The highest BCUT2D eigenvalue weighted by atomic mass is 16.6. The van der Waals surface area contributed by atoms with E-state index in [-0.39, 0.29) is 12.5 Å². The van der Waals surface area contributed by atoms with Gasteiger partial charge in [0.25, 0.3) is 5.91 Å². The van der Waals surface area contributed by atoms with Crippen LogP contribution in [0.2, 0.25) is 0 Å². The molecular formula is C10H20N2O4. The molecule has 0 aliphatic carbocycles. The summed E-state index contributed by atoms with van der Waals surface area (Å²) >= 11 is 0. The summed E-state index contributed by atoms with van der Waals surface area (Å²) in [6.45, 7) is 5.86. The zero-order valence-corrected chi connectivity index (χ0v) is 10.1. The normalized spacial score (nSPS) is 14.6. The lowest BCUT2D eigenvalue weighted by atomic mass is 10.5. The van der Waals surface area contributed by atoms with Crippen molar-refractivity contribution in [1.29, 1.82) is 0 Å². The van der Waals surface area contributed by atoms with E-state index >= 15 is 0 Å². The highest BCUT2D eigenvalue weighted by Gasteiger charge is 2.18. The Kier molecular flexibility index (Phi) is 8.24. The molecule has 0 spiro atoms. The fraction of sp³-hybridized carbons (Fsp3) is 0.800. The van der Waals surface area contributed by atoms with Crippen molar-refractivity contribution in [2.45, 2.75) is 13.8 Å². The molecule has 0 radical (unpaired) electrons. The summed E-state index contributed by atoms with van der Waals surface area (Å²) in [4.78, 5) is 23.6. The standard InChI is InChI=1S/C8H14N2O4.C2H6/c1-9-7(11)6-14-8(12)10-2-4-13-5-3-10;1-2/h2-6H2,1H3,(H,9,11);1-2H3. The van der Waals surface area contributed by atoms with E-state index in [2.05, 4.69) is 5.32 Å². The zero-order valence-electron chi connectivity index (χ0n) is 10.1. The van der Waals surface area contributed by atoms with E-state index in [1.54, 1.807) is 0 Å². The van der Waals surface area contributed by atoms with E-state index in [0.717, 1.165) is 0 Å². The number of amides is 2. The summed E-state index contributed by atoms with van der Waals surface area (Å²) < 4.78 is 9.82. The third-order valence-electron chi connectivity index (χ3n) is 1.87. The number of rotatable bonds is 2. The summed E-state index contributed by atoms with van der Waals surface area (Å²) in [6.07, 6.45) is -0.461. The van der Waals surface area contributed by atoms with Crippen LogP contribution in [-0.4, -0.2) is 56.9 Å². The van der Waals surface area contributed by atoms with Gasteiger partial charge in [0.05, 0.1) is 13.2 Å². The molecule has 0 unspecified atom stereocenters. The Labute approximate surface area is 95.9 Å². The molecule has 0 saturated carbocycles. The Morgan fingerprint density at radius 2 is 1.88 bits per heavy atom. The van der Waals surface area contributed by atoms with E-state index in [1.165, 1.54) is 11.9 Å². The molecule has 1 saturated heterocycles. The van der Waals surface area contributed by atoms with Crippen LogP contribution in [0, 0.1) is 0 Å². The van der Waals surface area contributed by atoms with Gasteiger partial charge in [-0.1, -0.05) is 13.8 Å². The molecular weight excluding hydrogens is 212 g/mol. The number of nitrogens with zero attached hydrogens (tertiary/aromatic N) is 1. The first-order valence-electron chi connectivity index (χ1n) is 5.44. The average Bonchev–Trinajstić information content (AvgIpc) is 2.38. The molecule has 0 bridgehead atoms. The van der Waals surface area contributed by atoms with E-state index in [1.807, 2.05) is 13.8 Å². The van der Waals surface area contributed by atoms with Gasteiger partial charge in [-0.15, -0.1) is 0 Å². The first-order valence-corrected chi connectivity index (χ1v) is 5.44. The van der Waals surface area contributed by atoms with Crippen molar-refractivity contribution in [3.63, 3.8) is 0 Å². The molecule has 16 heavy (non-hydrogen) atoms. The molecule has 0 aromatic rings. The van der Waals surface area contributed by atoms with Gasteiger partial charge in [-0.2, -0.15) is 0 Å². The van der Waals surface area contributed by atoms with Crippen LogP contribution in [0.5, 0.6) is 0 Å². The van der Waals surface area contributed by atoms with E-state index < -0.39 is 6.09 Å². The third kappa shape index (κ3) is 5.55. The summed E-state index contributed by atoms with van der Waals surface area (Å²) in [5.41, 5.74) is 0. The highest BCUT2D eigenvalue weighted by molar-refractivity contribution is 5.79. The Balaban J connectivity index is 0.00000106. The van der Waals surface area contributed by atoms with E-state index in [0.29, 0.717) is 26.3 Å². The lowest BCUT2D eigenvalue weighted by molar-refractivity contribution is -0.123. The van der Waals surface area contributed by atoms with Gasteiger partial charge in [0.2, 0.25) is 0 Å². The molecule has 0 aromatic carbocycles. The van der Waals surface area contributed by atoms with Crippen LogP contribution >= 0.6 is 0 Å². The average molecular weight is 232 g/mol. The molecule has 2 amide bonds. The monoisotopic (exact) mass is 232 g/mol. The van der Waals surface area contributed by atoms with Crippen molar-refractivity contribution in [2.75, 3.05) is 40.0 Å². The number of carbonyl (C=O) groups is 2. The molecule has 6 heteroatoms. The maximum absolute atomic E-state index is 11.3. The van der Waals surface area contributed by atoms with Crippen molar-refractivity contribution in [2.24, 2.45) is 0 Å². The van der Waals surface area contributed by atoms with Crippen LogP contribution in [0.15, 0.2) is 0 Å². The van der Waals surface area contributed by atoms with Crippen molar-refractivity contribution in [3.8, 4) is 0 Å². The SMILES string of the molecule is CC.CNC(=O)COC(=O)N1CCOCC1. The fourth-order valence-corrected chi connectivity index (χ4v) is 1.04. The number of nitrogens with one attached hydrogen (secondary N) is 1. The Hall–Kier alpha value is -1.30. The first kappa shape index (κ1) is 14.7. The molecule has 1 aliphatic rings. The van der Waals surface area contributed by atoms with Crippen molar-refractivity contribution in [1.82, 2.24) is 10.2 Å². The quantitative estimate of drug-likeness (QED) is 0.740. The van der Waals surface area contributed by atoms with Gasteiger partial charge in [-0.3, -0.25) is 4.79 Å². The van der Waals surface area contributed by atoms with Gasteiger partial charge >= 0.3 is 6.09 Å². The largest absolute Gasteiger partial charge is 0.439 e. The number of hydrogen-bond donors (Lipinski definition) is 1. The lowest BCUT2D eigenvalue weighted by Gasteiger charge is -2.25. The number of carbonyl (C=O) groups excluding carboxylic acids is 2. The topological polar surface area (TPSA) is 67.9 Å². The van der Waals surface area contributed by atoms with Crippen molar-refractivity contribution in [3.05, 3.63) is 0 Å². The predicted molar refractivity (Wildman–Crippen MR) is 59.2 cm³/mol. The summed E-state index contributed by atoms with van der Waals surface area (Å²) in [6, 6.07) is 0. The van der Waals surface area contributed by atoms with Gasteiger partial charge in [-0.05, 0) is 0 Å². The minimum Gasteiger partial charge on any atom is -0.439 e. The number of likely N-dealkylation sites (N-methyl/N-ethyl adjacent to an activating group) is 1. The summed E-state index contributed by atoms with van der Waals surface area (Å²) in [7, 11) is 1.49. The Morgan fingerprint density at radius 3 is 2.38 bits per heavy atom. The van der Waals surface area contributed by atoms with Crippen LogP contribution in [0.4, 0.5) is 4.79 Å². The predicted octanol–water partition coefficient (Wildman–Crippen LogP) is 0.227. The number of ether oxygens (including phenoxy) is 2. The van der Waals surface area contributed by atoms with Crippen LogP contribution < -0.4 is 5.32 Å².